The van der Waals surface area contributed by atoms with E-state index in [1.165, 1.54) is 0 Å². The molecular formula is C7H7FN2O3. The van der Waals surface area contributed by atoms with Crippen LogP contribution in [-0.2, 0) is 6.54 Å². The predicted octanol–water partition coefficient (Wildman–Crippen LogP) is -0.0890. The normalized spacial score (nSPS) is 9.92. The number of nitrogens with zero attached hydrogens (tertiary/aromatic N) is 2. The summed E-state index contributed by atoms with van der Waals surface area (Å²) in [5, 5.41) is 11.9. The van der Waals surface area contributed by atoms with Crippen LogP contribution in [0.2, 0.25) is 0 Å². The second kappa shape index (κ2) is 3.79. The van der Waals surface area contributed by atoms with Crippen LogP contribution in [0.1, 0.15) is 10.5 Å². The monoisotopic (exact) mass is 186 g/mol. The molecule has 0 aliphatic heterocycles. The molecule has 6 heteroatoms. The molecule has 1 heterocycles. The highest BCUT2D eigenvalue weighted by atomic mass is 19.1. The number of hydrogen-bond acceptors (Lipinski definition) is 3. The van der Waals surface area contributed by atoms with Crippen LogP contribution in [0.5, 0.6) is 0 Å². The Bertz CT molecular complexity index is 374. The molecule has 0 saturated heterocycles. The van der Waals surface area contributed by atoms with E-state index in [1.807, 2.05) is 0 Å². The van der Waals surface area contributed by atoms with Crippen molar-refractivity contribution in [2.24, 2.45) is 0 Å². The van der Waals surface area contributed by atoms with E-state index >= 15 is 0 Å². The summed E-state index contributed by atoms with van der Waals surface area (Å²) in [5.41, 5.74) is -0.782. The SMILES string of the molecule is O=C(O)c1ccc(=O)n(CCF)n1. The van der Waals surface area contributed by atoms with Crippen LogP contribution in [0, 0.1) is 0 Å². The molecule has 1 aromatic rings. The maximum Gasteiger partial charge on any atom is 0.356 e. The van der Waals surface area contributed by atoms with E-state index in [4.69, 9.17) is 5.11 Å². The van der Waals surface area contributed by atoms with Crippen molar-refractivity contribution in [2.75, 3.05) is 6.67 Å². The topological polar surface area (TPSA) is 72.2 Å². The van der Waals surface area contributed by atoms with Crippen molar-refractivity contribution in [3.8, 4) is 0 Å². The van der Waals surface area contributed by atoms with Crippen LogP contribution >= 0.6 is 0 Å². The molecule has 5 nitrogen and oxygen atoms in total. The first-order valence-corrected chi connectivity index (χ1v) is 3.52. The number of aromatic carboxylic acids is 1. The van der Waals surface area contributed by atoms with Gasteiger partial charge < -0.3 is 5.11 Å². The second-order valence-corrected chi connectivity index (χ2v) is 2.27. The van der Waals surface area contributed by atoms with Crippen molar-refractivity contribution >= 4 is 5.97 Å². The largest absolute Gasteiger partial charge is 0.476 e. The van der Waals surface area contributed by atoms with Crippen molar-refractivity contribution in [2.45, 2.75) is 6.54 Å². The van der Waals surface area contributed by atoms with Gasteiger partial charge in [0.05, 0.1) is 6.54 Å². The zero-order chi connectivity index (χ0) is 9.84. The third-order valence-electron chi connectivity index (χ3n) is 1.38. The fourth-order valence-electron chi connectivity index (χ4n) is 0.803. The van der Waals surface area contributed by atoms with Crippen LogP contribution in [-0.4, -0.2) is 27.5 Å². The predicted molar refractivity (Wildman–Crippen MR) is 41.4 cm³/mol. The summed E-state index contributed by atoms with van der Waals surface area (Å²) >= 11 is 0. The summed E-state index contributed by atoms with van der Waals surface area (Å²) < 4.78 is 12.6. The highest BCUT2D eigenvalue weighted by Gasteiger charge is 2.06. The maximum atomic E-state index is 11.8. The standard InChI is InChI=1S/C7H7FN2O3/c8-3-4-10-6(11)2-1-5(9-10)7(12)13/h1-2H,3-4H2,(H,12,13). The number of aromatic nitrogens is 2. The zero-order valence-electron chi connectivity index (χ0n) is 6.61. The molecule has 0 aromatic carbocycles. The summed E-state index contributed by atoms with van der Waals surface area (Å²) in [6.07, 6.45) is 0. The number of carboxylic acid groups (broad SMARTS) is 1. The summed E-state index contributed by atoms with van der Waals surface area (Å²) in [4.78, 5) is 21.3. The van der Waals surface area contributed by atoms with E-state index in [2.05, 4.69) is 5.10 Å². The molecule has 70 valence electrons. The number of hydrogen-bond donors (Lipinski definition) is 1. The number of carbonyl (C=O) groups is 1. The quantitative estimate of drug-likeness (QED) is 0.716. The Kier molecular flexibility index (Phi) is 2.73. The van der Waals surface area contributed by atoms with Crippen LogP contribution in [0.4, 0.5) is 4.39 Å². The molecular weight excluding hydrogens is 179 g/mol. The average molecular weight is 186 g/mol. The van der Waals surface area contributed by atoms with Gasteiger partial charge in [-0.2, -0.15) is 5.10 Å². The summed E-state index contributed by atoms with van der Waals surface area (Å²) in [6.45, 7) is -0.976. The van der Waals surface area contributed by atoms with Crippen molar-refractivity contribution in [1.29, 1.82) is 0 Å². The lowest BCUT2D eigenvalue weighted by atomic mass is 10.4. The van der Waals surface area contributed by atoms with Gasteiger partial charge in [0.1, 0.15) is 6.67 Å². The first-order chi connectivity index (χ1) is 6.15. The number of alkyl halides is 1. The van der Waals surface area contributed by atoms with E-state index in [-0.39, 0.29) is 12.2 Å². The number of carboxylic acids is 1. The average Bonchev–Trinajstić information content (AvgIpc) is 2.08. The molecule has 0 unspecified atom stereocenters. The smallest absolute Gasteiger partial charge is 0.356 e. The second-order valence-electron chi connectivity index (χ2n) is 2.27. The molecule has 0 bridgehead atoms. The number of halogens is 1. The van der Waals surface area contributed by atoms with Crippen molar-refractivity contribution in [3.63, 3.8) is 0 Å². The lowest BCUT2D eigenvalue weighted by Gasteiger charge is -2.00. The van der Waals surface area contributed by atoms with Crippen molar-refractivity contribution in [1.82, 2.24) is 9.78 Å². The van der Waals surface area contributed by atoms with Crippen LogP contribution in [0.3, 0.4) is 0 Å². The number of rotatable bonds is 3. The fraction of sp³-hybridized carbons (Fsp3) is 0.286. The Morgan fingerprint density at radius 3 is 2.85 bits per heavy atom. The van der Waals surface area contributed by atoms with Crippen LogP contribution < -0.4 is 5.56 Å². The lowest BCUT2D eigenvalue weighted by Crippen LogP contribution is -2.25. The molecule has 0 saturated carbocycles. The molecule has 0 radical (unpaired) electrons. The van der Waals surface area contributed by atoms with Gasteiger partial charge in [-0.1, -0.05) is 0 Å². The van der Waals surface area contributed by atoms with E-state index in [9.17, 15) is 14.0 Å². The Morgan fingerprint density at radius 2 is 2.31 bits per heavy atom. The molecule has 0 fully saturated rings. The fourth-order valence-corrected chi connectivity index (χ4v) is 0.803. The summed E-state index contributed by atoms with van der Waals surface area (Å²) in [5.74, 6) is -1.24. The first kappa shape index (κ1) is 9.37. The van der Waals surface area contributed by atoms with Gasteiger partial charge in [0, 0.05) is 6.07 Å². The van der Waals surface area contributed by atoms with E-state index in [1.54, 1.807) is 0 Å². The molecule has 0 aliphatic rings. The lowest BCUT2D eigenvalue weighted by molar-refractivity contribution is 0.0687. The molecule has 0 amide bonds. The molecule has 0 spiro atoms. The minimum Gasteiger partial charge on any atom is -0.476 e. The van der Waals surface area contributed by atoms with Gasteiger partial charge in [-0.15, -0.1) is 0 Å². The van der Waals surface area contributed by atoms with Gasteiger partial charge >= 0.3 is 5.97 Å². The molecule has 1 aromatic heterocycles. The molecule has 13 heavy (non-hydrogen) atoms. The molecule has 0 aliphatic carbocycles. The minimum absolute atomic E-state index is 0.222. The van der Waals surface area contributed by atoms with Gasteiger partial charge in [-0.3, -0.25) is 4.79 Å². The highest BCUT2D eigenvalue weighted by molar-refractivity contribution is 5.84. The van der Waals surface area contributed by atoms with Gasteiger partial charge in [-0.05, 0) is 6.07 Å². The number of aryl methyl sites for hydroxylation is 1. The van der Waals surface area contributed by atoms with Gasteiger partial charge in [0.15, 0.2) is 5.69 Å². The molecule has 1 N–H and O–H groups in total. The minimum atomic E-state index is -1.24. The first-order valence-electron chi connectivity index (χ1n) is 3.52. The van der Waals surface area contributed by atoms with Gasteiger partial charge in [0.25, 0.3) is 5.56 Å². The van der Waals surface area contributed by atoms with E-state index in [0.717, 1.165) is 16.8 Å². The van der Waals surface area contributed by atoms with Crippen molar-refractivity contribution < 1.29 is 14.3 Å². The summed E-state index contributed by atoms with van der Waals surface area (Å²) in [7, 11) is 0. The summed E-state index contributed by atoms with van der Waals surface area (Å²) in [6, 6.07) is 2.13. The Morgan fingerprint density at radius 1 is 1.62 bits per heavy atom. The highest BCUT2D eigenvalue weighted by Crippen LogP contribution is 1.89. The van der Waals surface area contributed by atoms with Crippen LogP contribution in [0.15, 0.2) is 16.9 Å². The molecule has 1 rings (SSSR count). The zero-order valence-corrected chi connectivity index (χ0v) is 6.61. The third-order valence-corrected chi connectivity index (χ3v) is 1.38. The molecule has 0 atom stereocenters. The van der Waals surface area contributed by atoms with Crippen LogP contribution in [0.25, 0.3) is 0 Å². The van der Waals surface area contributed by atoms with E-state index < -0.39 is 18.2 Å². The Hall–Kier alpha value is -1.72. The third kappa shape index (κ3) is 2.11. The Balaban J connectivity index is 3.11. The maximum absolute atomic E-state index is 11.8. The van der Waals surface area contributed by atoms with Crippen molar-refractivity contribution in [3.05, 3.63) is 28.2 Å². The van der Waals surface area contributed by atoms with Gasteiger partial charge in [-0.25, -0.2) is 13.9 Å². The van der Waals surface area contributed by atoms with Gasteiger partial charge in [0.2, 0.25) is 0 Å². The van der Waals surface area contributed by atoms with E-state index in [0.29, 0.717) is 0 Å². The Labute approximate surface area is 72.4 Å².